The predicted octanol–water partition coefficient (Wildman–Crippen LogP) is 3.92. The summed E-state index contributed by atoms with van der Waals surface area (Å²) in [5.41, 5.74) is 0. The van der Waals surface area contributed by atoms with E-state index in [-0.39, 0.29) is 0 Å². The first-order chi connectivity index (χ1) is 5.95. The highest BCUT2D eigenvalue weighted by molar-refractivity contribution is 7.20. The van der Waals surface area contributed by atoms with Crippen LogP contribution < -0.4 is 0 Å². The van der Waals surface area contributed by atoms with Gasteiger partial charge >= 0.3 is 0 Å². The van der Waals surface area contributed by atoms with Crippen LogP contribution in [-0.2, 0) is 0 Å². The van der Waals surface area contributed by atoms with E-state index in [2.05, 4.69) is 35.0 Å². The Morgan fingerprint density at radius 2 is 2.17 bits per heavy atom. The van der Waals surface area contributed by atoms with E-state index in [1.54, 1.807) is 22.7 Å². The fraction of sp³-hybridized carbons (Fsp3) is 0. The quantitative estimate of drug-likeness (QED) is 0.503. The van der Waals surface area contributed by atoms with Crippen LogP contribution in [-0.4, -0.2) is 0 Å². The van der Waals surface area contributed by atoms with Gasteiger partial charge in [0.2, 0.25) is 0 Å². The first kappa shape index (κ1) is 6.63. The van der Waals surface area contributed by atoms with Gasteiger partial charge in [0, 0.05) is 20.2 Å². The second-order valence-electron chi connectivity index (χ2n) is 2.68. The van der Waals surface area contributed by atoms with Crippen molar-refractivity contribution in [3.8, 4) is 0 Å². The minimum absolute atomic E-state index is 1.31. The molecule has 0 spiro atoms. The van der Waals surface area contributed by atoms with E-state index in [1.165, 1.54) is 20.2 Å². The predicted molar refractivity (Wildman–Crippen MR) is 56.0 cm³/mol. The van der Waals surface area contributed by atoms with Crippen LogP contribution in [0.2, 0.25) is 0 Å². The Hall–Kier alpha value is -0.860. The Labute approximate surface area is 78.1 Å². The molecule has 0 N–H and O–H groups in total. The van der Waals surface area contributed by atoms with Crippen LogP contribution in [0.25, 0.3) is 20.2 Å². The zero-order valence-corrected chi connectivity index (χ0v) is 7.84. The fourth-order valence-electron chi connectivity index (χ4n) is 1.41. The van der Waals surface area contributed by atoms with Gasteiger partial charge in [-0.05, 0) is 29.0 Å². The van der Waals surface area contributed by atoms with E-state index in [0.29, 0.717) is 0 Å². The third kappa shape index (κ3) is 0.765. The maximum Gasteiger partial charge on any atom is 0.0455 e. The molecule has 57 valence electrons. The third-order valence-electron chi connectivity index (χ3n) is 1.99. The lowest BCUT2D eigenvalue weighted by molar-refractivity contribution is 2.00. The molecule has 0 aliphatic rings. The molecule has 1 aromatic carbocycles. The first-order valence-corrected chi connectivity index (χ1v) is 5.40. The van der Waals surface area contributed by atoms with Crippen molar-refractivity contribution in [2.75, 3.05) is 0 Å². The molecule has 2 aromatic heterocycles. The lowest BCUT2D eigenvalue weighted by Gasteiger charge is -1.90. The van der Waals surface area contributed by atoms with Gasteiger partial charge in [-0.25, -0.2) is 0 Å². The van der Waals surface area contributed by atoms with Crippen LogP contribution >= 0.6 is 22.7 Å². The molecule has 0 bridgehead atoms. The number of thiophene rings is 2. The molecule has 0 saturated heterocycles. The van der Waals surface area contributed by atoms with Crippen LogP contribution in [0, 0.1) is 5.38 Å². The molecule has 0 nitrogen and oxygen atoms in total. The topological polar surface area (TPSA) is 0 Å². The number of rotatable bonds is 0. The standard InChI is InChI=1S/C10H5S2/c1-2-9-8(4-6-11-9)10-7(1)3-5-12-10/h1-4,6H. The van der Waals surface area contributed by atoms with Crippen molar-refractivity contribution in [3.05, 3.63) is 35.0 Å². The molecule has 2 heterocycles. The van der Waals surface area contributed by atoms with Gasteiger partial charge in [0.15, 0.2) is 0 Å². The van der Waals surface area contributed by atoms with Gasteiger partial charge in [-0.3, -0.25) is 0 Å². The minimum Gasteiger partial charge on any atom is -0.144 e. The van der Waals surface area contributed by atoms with Crippen molar-refractivity contribution in [2.24, 2.45) is 0 Å². The molecule has 0 unspecified atom stereocenters. The second kappa shape index (κ2) is 2.31. The molecule has 0 aliphatic heterocycles. The maximum absolute atomic E-state index is 3.17. The van der Waals surface area contributed by atoms with Gasteiger partial charge in [-0.2, -0.15) is 0 Å². The highest BCUT2D eigenvalue weighted by Gasteiger charge is 2.01. The van der Waals surface area contributed by atoms with Crippen LogP contribution in [0.1, 0.15) is 0 Å². The van der Waals surface area contributed by atoms with Crippen molar-refractivity contribution in [1.82, 2.24) is 0 Å². The van der Waals surface area contributed by atoms with Crippen molar-refractivity contribution in [3.63, 3.8) is 0 Å². The van der Waals surface area contributed by atoms with Gasteiger partial charge in [0.1, 0.15) is 0 Å². The molecule has 0 saturated carbocycles. The monoisotopic (exact) mass is 189 g/mol. The highest BCUT2D eigenvalue weighted by Crippen LogP contribution is 2.31. The van der Waals surface area contributed by atoms with Gasteiger partial charge < -0.3 is 0 Å². The molecule has 2 heteroatoms. The summed E-state index contributed by atoms with van der Waals surface area (Å²) < 4.78 is 2.74. The van der Waals surface area contributed by atoms with E-state index in [4.69, 9.17) is 0 Å². The molecule has 3 aromatic rings. The summed E-state index contributed by atoms with van der Waals surface area (Å²) in [7, 11) is 0. The molecular weight excluding hydrogens is 184 g/mol. The first-order valence-electron chi connectivity index (χ1n) is 3.71. The lowest BCUT2D eigenvalue weighted by Crippen LogP contribution is -1.62. The summed E-state index contributed by atoms with van der Waals surface area (Å²) in [5, 5.41) is 8.00. The van der Waals surface area contributed by atoms with E-state index < -0.39 is 0 Å². The van der Waals surface area contributed by atoms with Gasteiger partial charge in [0.05, 0.1) is 0 Å². The smallest absolute Gasteiger partial charge is 0.0455 e. The van der Waals surface area contributed by atoms with Crippen molar-refractivity contribution in [2.45, 2.75) is 0 Å². The minimum atomic E-state index is 1.31. The van der Waals surface area contributed by atoms with E-state index >= 15 is 0 Å². The average molecular weight is 189 g/mol. The third-order valence-corrected chi connectivity index (χ3v) is 3.77. The summed E-state index contributed by atoms with van der Waals surface area (Å²) in [6.07, 6.45) is 0. The normalized spacial score (nSPS) is 11.3. The largest absolute Gasteiger partial charge is 0.144 e. The van der Waals surface area contributed by atoms with Crippen molar-refractivity contribution >= 4 is 42.8 Å². The Morgan fingerprint density at radius 3 is 3.17 bits per heavy atom. The molecular formula is C10H5S2. The second-order valence-corrected chi connectivity index (χ2v) is 4.48. The molecule has 0 amide bonds. The number of hydrogen-bond donors (Lipinski definition) is 0. The number of hydrogen-bond acceptors (Lipinski definition) is 2. The van der Waals surface area contributed by atoms with Crippen molar-refractivity contribution < 1.29 is 0 Å². The average Bonchev–Trinajstić information content (AvgIpc) is 2.71. The van der Waals surface area contributed by atoms with E-state index in [1.807, 2.05) is 0 Å². The van der Waals surface area contributed by atoms with Crippen LogP contribution in [0.4, 0.5) is 0 Å². The molecule has 1 radical (unpaired) electrons. The van der Waals surface area contributed by atoms with Crippen molar-refractivity contribution in [1.29, 1.82) is 0 Å². The van der Waals surface area contributed by atoms with Gasteiger partial charge in [-0.1, -0.05) is 6.07 Å². The van der Waals surface area contributed by atoms with Crippen LogP contribution in [0.15, 0.2) is 29.6 Å². The summed E-state index contributed by atoms with van der Waals surface area (Å²) in [5.74, 6) is 0. The summed E-state index contributed by atoms with van der Waals surface area (Å²) >= 11 is 3.50. The fourth-order valence-corrected chi connectivity index (χ4v) is 3.11. The number of benzene rings is 1. The van der Waals surface area contributed by atoms with E-state index in [0.717, 1.165) is 0 Å². The SMILES string of the molecule is [c]1cc2ccc3sccc3c2s1. The van der Waals surface area contributed by atoms with Gasteiger partial charge in [-0.15, -0.1) is 22.7 Å². The Kier molecular flexibility index (Phi) is 1.28. The number of fused-ring (bicyclic) bond motifs is 3. The summed E-state index contributed by atoms with van der Waals surface area (Å²) in [4.78, 5) is 0. The molecule has 0 fully saturated rings. The lowest BCUT2D eigenvalue weighted by atomic mass is 10.2. The zero-order valence-electron chi connectivity index (χ0n) is 6.20. The van der Waals surface area contributed by atoms with Crippen LogP contribution in [0.5, 0.6) is 0 Å². The van der Waals surface area contributed by atoms with Gasteiger partial charge in [0.25, 0.3) is 0 Å². The van der Waals surface area contributed by atoms with E-state index in [9.17, 15) is 0 Å². The Bertz CT molecular complexity index is 481. The Morgan fingerprint density at radius 1 is 1.17 bits per heavy atom. The maximum atomic E-state index is 3.17. The molecule has 12 heavy (non-hydrogen) atoms. The summed E-state index contributed by atoms with van der Waals surface area (Å²) in [6.45, 7) is 0. The summed E-state index contributed by atoms with van der Waals surface area (Å²) in [6, 6.07) is 8.59. The molecule has 0 atom stereocenters. The van der Waals surface area contributed by atoms with Crippen LogP contribution in [0.3, 0.4) is 0 Å². The molecule has 3 rings (SSSR count). The molecule has 0 aliphatic carbocycles. The Balaban J connectivity index is 2.71. The zero-order chi connectivity index (χ0) is 7.97. The highest BCUT2D eigenvalue weighted by atomic mass is 32.1.